The summed E-state index contributed by atoms with van der Waals surface area (Å²) in [6, 6.07) is 0. The second-order valence-corrected chi connectivity index (χ2v) is 7.72. The molecule has 5 heteroatoms. The monoisotopic (exact) mass is 252 g/mol. The maximum Gasteiger partial charge on any atom is 0.235 e. The average Bonchev–Trinajstić information content (AvgIpc) is 2.47. The Morgan fingerprint density at radius 2 is 1.93 bits per heavy atom. The van der Waals surface area contributed by atoms with Crippen LogP contribution in [0, 0.1) is 5.41 Å². The van der Waals surface area contributed by atoms with Gasteiger partial charge < -0.3 is 4.74 Å². The quantitative estimate of drug-likeness (QED) is 0.709. The molecule has 1 saturated carbocycles. The lowest BCUT2D eigenvalue weighted by Crippen LogP contribution is -2.25. The number of rotatable bonds is 2. The predicted octanol–water partition coefficient (Wildman–Crippen LogP) is 2.29. The van der Waals surface area contributed by atoms with E-state index in [1.807, 2.05) is 0 Å². The van der Waals surface area contributed by atoms with Crippen molar-refractivity contribution in [3.05, 3.63) is 0 Å². The molecule has 1 spiro atoms. The summed E-state index contributed by atoms with van der Waals surface area (Å²) in [4.78, 5) is 0. The lowest BCUT2D eigenvalue weighted by Gasteiger charge is -2.31. The molecular weight excluding hydrogens is 236 g/mol. The molecule has 88 valence electrons. The zero-order chi connectivity index (χ0) is 10.9. The molecule has 3 nitrogen and oxygen atoms in total. The van der Waals surface area contributed by atoms with E-state index in [-0.39, 0.29) is 17.3 Å². The largest absolute Gasteiger partial charge is 0.377 e. The molecule has 0 bridgehead atoms. The fraction of sp³-hybridized carbons (Fsp3) is 1.00. The molecule has 1 saturated heterocycles. The van der Waals surface area contributed by atoms with E-state index in [1.165, 1.54) is 32.1 Å². The molecule has 2 fully saturated rings. The van der Waals surface area contributed by atoms with Gasteiger partial charge in [-0.3, -0.25) is 0 Å². The summed E-state index contributed by atoms with van der Waals surface area (Å²) in [5, 5.41) is 0. The Morgan fingerprint density at radius 1 is 1.27 bits per heavy atom. The third-order valence-corrected chi connectivity index (χ3v) is 4.73. The lowest BCUT2D eigenvalue weighted by molar-refractivity contribution is 0.0939. The Labute approximate surface area is 95.6 Å². The van der Waals surface area contributed by atoms with Crippen LogP contribution in [0.25, 0.3) is 0 Å². The van der Waals surface area contributed by atoms with Crippen LogP contribution in [0.1, 0.15) is 38.5 Å². The molecule has 1 aliphatic carbocycles. The number of ether oxygens (including phenoxy) is 1. The minimum absolute atomic E-state index is 0.0314. The third kappa shape index (κ3) is 3.08. The van der Waals surface area contributed by atoms with Gasteiger partial charge in [0.25, 0.3) is 0 Å². The van der Waals surface area contributed by atoms with E-state index in [2.05, 4.69) is 0 Å². The molecular formula is C10H17ClO3S. The first-order valence-electron chi connectivity index (χ1n) is 5.53. The Kier molecular flexibility index (Phi) is 3.29. The molecule has 0 aromatic carbocycles. The molecule has 0 aromatic heterocycles. The van der Waals surface area contributed by atoms with Crippen molar-refractivity contribution in [3.63, 3.8) is 0 Å². The highest BCUT2D eigenvalue weighted by molar-refractivity contribution is 8.13. The number of halogens is 1. The fourth-order valence-corrected chi connectivity index (χ4v) is 3.95. The van der Waals surface area contributed by atoms with Crippen molar-refractivity contribution in [2.24, 2.45) is 5.41 Å². The highest BCUT2D eigenvalue weighted by atomic mass is 35.7. The van der Waals surface area contributed by atoms with Gasteiger partial charge in [0.1, 0.15) is 0 Å². The maximum absolute atomic E-state index is 10.9. The van der Waals surface area contributed by atoms with E-state index in [0.29, 0.717) is 0 Å². The van der Waals surface area contributed by atoms with Crippen LogP contribution in [0.5, 0.6) is 0 Å². The summed E-state index contributed by atoms with van der Waals surface area (Å²) in [6.07, 6.45) is 6.88. The molecule has 2 rings (SSSR count). The topological polar surface area (TPSA) is 43.4 Å². The summed E-state index contributed by atoms with van der Waals surface area (Å²) in [5.74, 6) is -0.0314. The van der Waals surface area contributed by atoms with Crippen molar-refractivity contribution < 1.29 is 13.2 Å². The van der Waals surface area contributed by atoms with Gasteiger partial charge in [0.2, 0.25) is 9.05 Å². The van der Waals surface area contributed by atoms with E-state index >= 15 is 0 Å². The molecule has 1 aliphatic heterocycles. The molecule has 1 heterocycles. The van der Waals surface area contributed by atoms with Crippen LogP contribution in [-0.4, -0.2) is 26.9 Å². The molecule has 1 unspecified atom stereocenters. The summed E-state index contributed by atoms with van der Waals surface area (Å²) < 4.78 is 27.4. The summed E-state index contributed by atoms with van der Waals surface area (Å²) in [7, 11) is 1.82. The van der Waals surface area contributed by atoms with E-state index in [1.54, 1.807) is 0 Å². The second kappa shape index (κ2) is 4.22. The molecule has 1 atom stereocenters. The van der Waals surface area contributed by atoms with Gasteiger partial charge >= 0.3 is 0 Å². The first-order valence-corrected chi connectivity index (χ1v) is 8.01. The van der Waals surface area contributed by atoms with Crippen LogP contribution in [-0.2, 0) is 13.8 Å². The van der Waals surface area contributed by atoms with E-state index in [0.717, 1.165) is 13.0 Å². The molecule has 15 heavy (non-hydrogen) atoms. The summed E-state index contributed by atoms with van der Waals surface area (Å²) >= 11 is 0. The molecule has 0 radical (unpaired) electrons. The van der Waals surface area contributed by atoms with Crippen LogP contribution in [0.4, 0.5) is 0 Å². The van der Waals surface area contributed by atoms with Crippen molar-refractivity contribution in [2.45, 2.75) is 44.6 Å². The fourth-order valence-electron chi connectivity index (χ4n) is 2.87. The zero-order valence-electron chi connectivity index (χ0n) is 8.75. The Balaban J connectivity index is 1.93. The van der Waals surface area contributed by atoms with Gasteiger partial charge in [-0.15, -0.1) is 0 Å². The standard InChI is InChI=1S/C10H17ClO3S/c11-15(12,13)7-9-6-10(8-14-9)4-2-1-3-5-10/h9H,1-8H2. The van der Waals surface area contributed by atoms with Gasteiger partial charge in [-0.05, 0) is 24.7 Å². The van der Waals surface area contributed by atoms with Crippen molar-refractivity contribution in [2.75, 3.05) is 12.4 Å². The molecule has 0 amide bonds. The normalized spacial score (nSPS) is 30.9. The predicted molar refractivity (Wildman–Crippen MR) is 59.5 cm³/mol. The van der Waals surface area contributed by atoms with Crippen molar-refractivity contribution in [1.29, 1.82) is 0 Å². The Hall–Kier alpha value is 0.200. The van der Waals surface area contributed by atoms with E-state index < -0.39 is 9.05 Å². The highest BCUT2D eigenvalue weighted by Crippen LogP contribution is 2.45. The zero-order valence-corrected chi connectivity index (χ0v) is 10.3. The summed E-state index contributed by atoms with van der Waals surface area (Å²) in [5.41, 5.74) is 0.268. The van der Waals surface area contributed by atoms with Crippen LogP contribution in [0.15, 0.2) is 0 Å². The summed E-state index contributed by atoms with van der Waals surface area (Å²) in [6.45, 7) is 0.726. The van der Waals surface area contributed by atoms with Crippen molar-refractivity contribution >= 4 is 19.7 Å². The van der Waals surface area contributed by atoms with Gasteiger partial charge in [0, 0.05) is 10.7 Å². The number of hydrogen-bond donors (Lipinski definition) is 0. The van der Waals surface area contributed by atoms with Gasteiger partial charge in [-0.1, -0.05) is 19.3 Å². The van der Waals surface area contributed by atoms with E-state index in [9.17, 15) is 8.42 Å². The number of hydrogen-bond acceptors (Lipinski definition) is 3. The minimum Gasteiger partial charge on any atom is -0.377 e. The second-order valence-electron chi connectivity index (χ2n) is 4.90. The first-order chi connectivity index (χ1) is 6.99. The van der Waals surface area contributed by atoms with Gasteiger partial charge in [-0.25, -0.2) is 8.42 Å². The van der Waals surface area contributed by atoms with Crippen LogP contribution in [0.2, 0.25) is 0 Å². The minimum atomic E-state index is -3.42. The Morgan fingerprint density at radius 3 is 2.53 bits per heavy atom. The van der Waals surface area contributed by atoms with Crippen LogP contribution >= 0.6 is 10.7 Å². The Bertz CT molecular complexity index is 320. The van der Waals surface area contributed by atoms with E-state index in [4.69, 9.17) is 15.4 Å². The highest BCUT2D eigenvalue weighted by Gasteiger charge is 2.41. The maximum atomic E-state index is 10.9. The van der Waals surface area contributed by atoms with Gasteiger partial charge in [0.15, 0.2) is 0 Å². The molecule has 0 aromatic rings. The van der Waals surface area contributed by atoms with Crippen molar-refractivity contribution in [3.8, 4) is 0 Å². The lowest BCUT2D eigenvalue weighted by atomic mass is 9.73. The van der Waals surface area contributed by atoms with Gasteiger partial charge in [-0.2, -0.15) is 0 Å². The van der Waals surface area contributed by atoms with Crippen LogP contribution < -0.4 is 0 Å². The van der Waals surface area contributed by atoms with Crippen molar-refractivity contribution in [1.82, 2.24) is 0 Å². The van der Waals surface area contributed by atoms with Gasteiger partial charge in [0.05, 0.1) is 18.5 Å². The average molecular weight is 253 g/mol. The van der Waals surface area contributed by atoms with Crippen LogP contribution in [0.3, 0.4) is 0 Å². The first kappa shape index (κ1) is 11.7. The smallest absolute Gasteiger partial charge is 0.235 e. The molecule has 0 N–H and O–H groups in total. The SMILES string of the molecule is O=S(=O)(Cl)CC1CC2(CCCCC2)CO1. The third-order valence-electron chi connectivity index (χ3n) is 3.59. The molecule has 2 aliphatic rings.